The summed E-state index contributed by atoms with van der Waals surface area (Å²) in [6.07, 6.45) is 4.16. The van der Waals surface area contributed by atoms with Gasteiger partial charge in [-0.05, 0) is 65.1 Å². The minimum atomic E-state index is -0.146. The van der Waals surface area contributed by atoms with Gasteiger partial charge in [0.1, 0.15) is 11.5 Å². The molecule has 0 fully saturated rings. The molecule has 1 atom stereocenters. The third kappa shape index (κ3) is 2.68. The van der Waals surface area contributed by atoms with Crippen LogP contribution in [0.1, 0.15) is 69.2 Å². The molecule has 0 saturated carbocycles. The van der Waals surface area contributed by atoms with Crippen molar-refractivity contribution in [2.45, 2.75) is 64.2 Å². The van der Waals surface area contributed by atoms with Gasteiger partial charge in [-0.15, -0.1) is 0 Å². The van der Waals surface area contributed by atoms with Gasteiger partial charge in [0.15, 0.2) is 0 Å². The van der Waals surface area contributed by atoms with Crippen LogP contribution < -0.4 is 0 Å². The summed E-state index contributed by atoms with van der Waals surface area (Å²) in [5.74, 6) is 0.711. The molecule has 0 aromatic heterocycles. The Morgan fingerprint density at radius 1 is 0.958 bits per heavy atom. The van der Waals surface area contributed by atoms with E-state index in [9.17, 15) is 10.2 Å². The third-order valence-corrected chi connectivity index (χ3v) is 5.64. The molecule has 3 rings (SSSR count). The average molecular weight is 324 g/mol. The maximum absolute atomic E-state index is 10.6. The number of rotatable bonds is 4. The van der Waals surface area contributed by atoms with Gasteiger partial charge in [-0.2, -0.15) is 0 Å². The first kappa shape index (κ1) is 16.9. The van der Waals surface area contributed by atoms with Gasteiger partial charge >= 0.3 is 0 Å². The van der Waals surface area contributed by atoms with Gasteiger partial charge in [0.25, 0.3) is 0 Å². The highest BCUT2D eigenvalue weighted by atomic mass is 16.3. The maximum Gasteiger partial charge on any atom is 0.119 e. The Morgan fingerprint density at radius 2 is 1.62 bits per heavy atom. The minimum absolute atomic E-state index is 0.0661. The van der Waals surface area contributed by atoms with E-state index in [0.29, 0.717) is 5.75 Å². The van der Waals surface area contributed by atoms with E-state index >= 15 is 0 Å². The van der Waals surface area contributed by atoms with Crippen molar-refractivity contribution in [1.29, 1.82) is 0 Å². The van der Waals surface area contributed by atoms with Crippen LogP contribution in [0.5, 0.6) is 11.5 Å². The second-order valence-electron chi connectivity index (χ2n) is 8.07. The first-order valence-electron chi connectivity index (χ1n) is 8.94. The van der Waals surface area contributed by atoms with E-state index in [1.807, 2.05) is 18.2 Å². The first-order valence-corrected chi connectivity index (χ1v) is 8.94. The van der Waals surface area contributed by atoms with Crippen LogP contribution in [0.3, 0.4) is 0 Å². The molecule has 2 aromatic rings. The van der Waals surface area contributed by atoms with Gasteiger partial charge in [0.05, 0.1) is 0 Å². The molecule has 0 aliphatic heterocycles. The summed E-state index contributed by atoms with van der Waals surface area (Å²) in [5, 5.41) is 20.2. The van der Waals surface area contributed by atoms with E-state index in [0.717, 1.165) is 31.2 Å². The molecule has 128 valence electrons. The number of hydrogen-bond acceptors (Lipinski definition) is 2. The first-order chi connectivity index (χ1) is 11.3. The average Bonchev–Trinajstić information content (AvgIpc) is 2.72. The largest absolute Gasteiger partial charge is 0.508 e. The Morgan fingerprint density at radius 3 is 2.25 bits per heavy atom. The molecule has 1 unspecified atom stereocenters. The van der Waals surface area contributed by atoms with E-state index in [4.69, 9.17) is 0 Å². The summed E-state index contributed by atoms with van der Waals surface area (Å²) in [4.78, 5) is 0. The number of unbranched alkanes of at least 4 members (excludes halogenated alkanes) is 1. The Balaban J connectivity index is 2.12. The lowest BCUT2D eigenvalue weighted by atomic mass is 9.75. The van der Waals surface area contributed by atoms with Crippen LogP contribution in [0.2, 0.25) is 0 Å². The molecule has 2 N–H and O–H groups in total. The predicted molar refractivity (Wildman–Crippen MR) is 98.9 cm³/mol. The van der Waals surface area contributed by atoms with Gasteiger partial charge in [0, 0.05) is 5.41 Å². The van der Waals surface area contributed by atoms with Crippen molar-refractivity contribution in [3.8, 4) is 11.5 Å². The molecule has 1 aliphatic rings. The van der Waals surface area contributed by atoms with Crippen LogP contribution in [-0.4, -0.2) is 10.2 Å². The molecule has 0 radical (unpaired) electrons. The molecule has 2 nitrogen and oxygen atoms in total. The Bertz CT molecular complexity index is 743. The SMILES string of the molecule is CCCCc1cc2c(cc1O)C(C)(c1ccc(O)cc1)CC2(C)C. The number of aryl methyl sites for hydroxylation is 1. The summed E-state index contributed by atoms with van der Waals surface area (Å²) >= 11 is 0. The van der Waals surface area contributed by atoms with Gasteiger partial charge in [-0.25, -0.2) is 0 Å². The van der Waals surface area contributed by atoms with Crippen molar-refractivity contribution in [2.75, 3.05) is 0 Å². The molecular weight excluding hydrogens is 296 g/mol. The second kappa shape index (κ2) is 5.84. The topological polar surface area (TPSA) is 40.5 Å². The summed E-state index contributed by atoms with van der Waals surface area (Å²) in [5.41, 5.74) is 4.74. The molecule has 24 heavy (non-hydrogen) atoms. The van der Waals surface area contributed by atoms with Gasteiger partial charge in [0.2, 0.25) is 0 Å². The number of benzene rings is 2. The fourth-order valence-electron chi connectivity index (χ4n) is 4.38. The molecule has 0 spiro atoms. The molecule has 2 heteroatoms. The number of aromatic hydroxyl groups is 2. The summed E-state index contributed by atoms with van der Waals surface area (Å²) in [6, 6.07) is 11.7. The fraction of sp³-hybridized carbons (Fsp3) is 0.455. The number of fused-ring (bicyclic) bond motifs is 1. The summed E-state index contributed by atoms with van der Waals surface area (Å²) < 4.78 is 0. The van der Waals surface area contributed by atoms with Crippen LogP contribution in [-0.2, 0) is 17.3 Å². The summed E-state index contributed by atoms with van der Waals surface area (Å²) in [7, 11) is 0. The lowest BCUT2D eigenvalue weighted by molar-refractivity contribution is 0.423. The Labute approximate surface area is 145 Å². The van der Waals surface area contributed by atoms with Gasteiger partial charge in [-0.1, -0.05) is 52.3 Å². The van der Waals surface area contributed by atoms with Gasteiger partial charge < -0.3 is 10.2 Å². The van der Waals surface area contributed by atoms with Crippen molar-refractivity contribution in [2.24, 2.45) is 0 Å². The molecule has 0 amide bonds. The Kier molecular flexibility index (Phi) is 4.11. The highest BCUT2D eigenvalue weighted by molar-refractivity contribution is 5.56. The lowest BCUT2D eigenvalue weighted by Gasteiger charge is -2.28. The monoisotopic (exact) mass is 324 g/mol. The molecule has 0 saturated heterocycles. The number of hydrogen-bond donors (Lipinski definition) is 2. The van der Waals surface area contributed by atoms with Crippen molar-refractivity contribution in [1.82, 2.24) is 0 Å². The normalized spacial score (nSPS) is 21.7. The van der Waals surface area contributed by atoms with Crippen LogP contribution in [0, 0.1) is 0 Å². The second-order valence-corrected chi connectivity index (χ2v) is 8.07. The van der Waals surface area contributed by atoms with Crippen molar-refractivity contribution in [3.63, 3.8) is 0 Å². The zero-order valence-electron chi connectivity index (χ0n) is 15.2. The smallest absolute Gasteiger partial charge is 0.119 e. The highest BCUT2D eigenvalue weighted by Crippen LogP contribution is 2.54. The molecule has 2 aromatic carbocycles. The zero-order valence-corrected chi connectivity index (χ0v) is 15.2. The van der Waals surface area contributed by atoms with Crippen LogP contribution >= 0.6 is 0 Å². The molecule has 1 aliphatic carbocycles. The molecule has 0 bridgehead atoms. The number of phenols is 2. The summed E-state index contributed by atoms with van der Waals surface area (Å²) in [6.45, 7) is 9.00. The molecular formula is C22H28O2. The zero-order chi connectivity index (χ0) is 17.5. The standard InChI is InChI=1S/C22H28O2/c1-5-6-7-15-12-18-19(13-20(15)24)22(4,14-21(18,2)3)16-8-10-17(23)11-9-16/h8-13,23-24H,5-7,14H2,1-4H3. The van der Waals surface area contributed by atoms with Crippen LogP contribution in [0.25, 0.3) is 0 Å². The van der Waals surface area contributed by atoms with Crippen LogP contribution in [0.4, 0.5) is 0 Å². The predicted octanol–water partition coefficient (Wildman–Crippen LogP) is 5.43. The minimum Gasteiger partial charge on any atom is -0.508 e. The van der Waals surface area contributed by atoms with E-state index in [-0.39, 0.29) is 16.6 Å². The van der Waals surface area contributed by atoms with E-state index < -0.39 is 0 Å². The van der Waals surface area contributed by atoms with Gasteiger partial charge in [-0.3, -0.25) is 0 Å². The lowest BCUT2D eigenvalue weighted by Crippen LogP contribution is -2.23. The molecule has 0 heterocycles. The van der Waals surface area contributed by atoms with E-state index in [1.54, 1.807) is 12.1 Å². The Hall–Kier alpha value is -1.96. The number of phenolic OH excluding ortho intramolecular Hbond substituents is 2. The highest BCUT2D eigenvalue weighted by Gasteiger charge is 2.46. The van der Waals surface area contributed by atoms with Crippen molar-refractivity contribution >= 4 is 0 Å². The van der Waals surface area contributed by atoms with Crippen molar-refractivity contribution in [3.05, 3.63) is 58.7 Å². The van der Waals surface area contributed by atoms with E-state index in [1.165, 1.54) is 16.7 Å². The quantitative estimate of drug-likeness (QED) is 0.787. The van der Waals surface area contributed by atoms with Crippen LogP contribution in [0.15, 0.2) is 36.4 Å². The van der Waals surface area contributed by atoms with E-state index in [2.05, 4.69) is 33.8 Å². The van der Waals surface area contributed by atoms with Crippen molar-refractivity contribution < 1.29 is 10.2 Å². The fourth-order valence-corrected chi connectivity index (χ4v) is 4.38. The maximum atomic E-state index is 10.6. The third-order valence-electron chi connectivity index (χ3n) is 5.64.